The Morgan fingerprint density at radius 3 is 2.44 bits per heavy atom. The van der Waals surface area contributed by atoms with Gasteiger partial charge in [-0.15, -0.1) is 0 Å². The van der Waals surface area contributed by atoms with E-state index in [0.29, 0.717) is 10.2 Å². The molecule has 0 aliphatic carbocycles. The van der Waals surface area contributed by atoms with Crippen LogP contribution in [0.3, 0.4) is 0 Å². The molecule has 1 aromatic heterocycles. The number of halogens is 4. The second kappa shape index (κ2) is 5.42. The molecule has 2 aromatic rings. The molecule has 1 atom stereocenters. The van der Waals surface area contributed by atoms with Gasteiger partial charge < -0.3 is 5.11 Å². The summed E-state index contributed by atoms with van der Waals surface area (Å²) in [4.78, 5) is 4.05. The lowest BCUT2D eigenvalue weighted by Crippen LogP contribution is -2.04. The molecule has 1 aromatic carbocycles. The van der Waals surface area contributed by atoms with E-state index < -0.39 is 17.7 Å². The van der Waals surface area contributed by atoms with E-state index in [2.05, 4.69) is 36.8 Å². The largest absolute Gasteiger partial charge is 0.382 e. The SMILES string of the molecule is OC(c1ccc(F)c(F)c1)c1ncc(Br)cc1Br. The molecule has 1 unspecified atom stereocenters. The van der Waals surface area contributed by atoms with Gasteiger partial charge in [-0.05, 0) is 55.6 Å². The van der Waals surface area contributed by atoms with Crippen molar-refractivity contribution in [1.82, 2.24) is 4.98 Å². The number of benzene rings is 1. The minimum Gasteiger partial charge on any atom is -0.382 e. The lowest BCUT2D eigenvalue weighted by Gasteiger charge is -2.12. The highest BCUT2D eigenvalue weighted by atomic mass is 79.9. The third kappa shape index (κ3) is 2.76. The van der Waals surface area contributed by atoms with Gasteiger partial charge in [0.25, 0.3) is 0 Å². The molecule has 0 aliphatic rings. The average molecular weight is 379 g/mol. The first kappa shape index (κ1) is 13.6. The molecule has 1 heterocycles. The molecule has 0 saturated heterocycles. The minimum absolute atomic E-state index is 0.240. The van der Waals surface area contributed by atoms with Crippen LogP contribution in [0.2, 0.25) is 0 Å². The zero-order chi connectivity index (χ0) is 13.3. The van der Waals surface area contributed by atoms with E-state index in [1.165, 1.54) is 12.3 Å². The van der Waals surface area contributed by atoms with E-state index in [4.69, 9.17) is 0 Å². The van der Waals surface area contributed by atoms with Crippen LogP contribution in [0.15, 0.2) is 39.4 Å². The zero-order valence-electron chi connectivity index (χ0n) is 8.87. The molecule has 0 fully saturated rings. The summed E-state index contributed by atoms with van der Waals surface area (Å²) in [5.74, 6) is -1.95. The Hall–Kier alpha value is -0.850. The molecular formula is C12H7Br2F2NO. The normalized spacial score (nSPS) is 12.5. The predicted octanol–water partition coefficient (Wildman–Crippen LogP) is 3.97. The standard InChI is InChI=1S/C12H7Br2F2NO/c13-7-4-8(14)11(17-5-7)12(18)6-1-2-9(15)10(16)3-6/h1-5,12,18H. The first-order chi connectivity index (χ1) is 8.49. The van der Waals surface area contributed by atoms with Gasteiger partial charge in [-0.3, -0.25) is 4.98 Å². The predicted molar refractivity (Wildman–Crippen MR) is 70.1 cm³/mol. The Morgan fingerprint density at radius 1 is 1.11 bits per heavy atom. The van der Waals surface area contributed by atoms with E-state index in [9.17, 15) is 13.9 Å². The molecule has 94 valence electrons. The highest BCUT2D eigenvalue weighted by Crippen LogP contribution is 2.29. The molecule has 0 saturated carbocycles. The number of pyridine rings is 1. The van der Waals surface area contributed by atoms with Crippen molar-refractivity contribution >= 4 is 31.9 Å². The highest BCUT2D eigenvalue weighted by Gasteiger charge is 2.17. The monoisotopic (exact) mass is 377 g/mol. The first-order valence-corrected chi connectivity index (χ1v) is 6.51. The summed E-state index contributed by atoms with van der Waals surface area (Å²) in [7, 11) is 0. The molecule has 0 spiro atoms. The summed E-state index contributed by atoms with van der Waals surface area (Å²) in [6.45, 7) is 0. The Balaban J connectivity index is 2.41. The number of aliphatic hydroxyl groups excluding tert-OH is 1. The summed E-state index contributed by atoms with van der Waals surface area (Å²) in [6, 6.07) is 4.96. The van der Waals surface area contributed by atoms with Gasteiger partial charge in [0.05, 0.1) is 5.69 Å². The van der Waals surface area contributed by atoms with E-state index >= 15 is 0 Å². The Kier molecular flexibility index (Phi) is 4.09. The summed E-state index contributed by atoms with van der Waals surface area (Å²) in [5.41, 5.74) is 0.577. The van der Waals surface area contributed by atoms with Gasteiger partial charge in [-0.25, -0.2) is 8.78 Å². The van der Waals surface area contributed by atoms with Crippen molar-refractivity contribution in [1.29, 1.82) is 0 Å². The summed E-state index contributed by atoms with van der Waals surface area (Å²) in [6.07, 6.45) is 0.394. The maximum atomic E-state index is 13.1. The lowest BCUT2D eigenvalue weighted by atomic mass is 10.1. The first-order valence-electron chi connectivity index (χ1n) is 4.93. The Labute approximate surface area is 119 Å². The maximum absolute atomic E-state index is 13.1. The van der Waals surface area contributed by atoms with Crippen LogP contribution in [0.5, 0.6) is 0 Å². The van der Waals surface area contributed by atoms with Gasteiger partial charge in [0.1, 0.15) is 6.10 Å². The van der Waals surface area contributed by atoms with Crippen LogP contribution >= 0.6 is 31.9 Å². The number of rotatable bonds is 2. The third-order valence-electron chi connectivity index (χ3n) is 2.35. The molecule has 0 radical (unpaired) electrons. The van der Waals surface area contributed by atoms with Crippen LogP contribution in [-0.2, 0) is 0 Å². The molecule has 0 bridgehead atoms. The van der Waals surface area contributed by atoms with Gasteiger partial charge in [0.2, 0.25) is 0 Å². The van der Waals surface area contributed by atoms with Crippen molar-refractivity contribution in [2.45, 2.75) is 6.10 Å². The smallest absolute Gasteiger partial charge is 0.159 e. The molecule has 6 heteroatoms. The van der Waals surface area contributed by atoms with Crippen LogP contribution in [0, 0.1) is 11.6 Å². The molecule has 2 rings (SSSR count). The quantitative estimate of drug-likeness (QED) is 0.857. The van der Waals surface area contributed by atoms with Crippen molar-refractivity contribution in [2.75, 3.05) is 0 Å². The van der Waals surface area contributed by atoms with Gasteiger partial charge in [-0.2, -0.15) is 0 Å². The fourth-order valence-corrected chi connectivity index (χ4v) is 2.67. The fourth-order valence-electron chi connectivity index (χ4n) is 1.47. The maximum Gasteiger partial charge on any atom is 0.159 e. The summed E-state index contributed by atoms with van der Waals surface area (Å²) < 4.78 is 27.2. The van der Waals surface area contributed by atoms with E-state index in [-0.39, 0.29) is 5.56 Å². The van der Waals surface area contributed by atoms with Crippen LogP contribution in [0.1, 0.15) is 17.4 Å². The number of nitrogens with zero attached hydrogens (tertiary/aromatic N) is 1. The van der Waals surface area contributed by atoms with Gasteiger partial charge in [0, 0.05) is 15.1 Å². The van der Waals surface area contributed by atoms with E-state index in [1.54, 1.807) is 6.07 Å². The number of hydrogen-bond donors (Lipinski definition) is 1. The van der Waals surface area contributed by atoms with Crippen LogP contribution < -0.4 is 0 Å². The number of aromatic nitrogens is 1. The molecule has 0 aliphatic heterocycles. The molecule has 18 heavy (non-hydrogen) atoms. The van der Waals surface area contributed by atoms with Gasteiger partial charge in [-0.1, -0.05) is 6.07 Å². The Morgan fingerprint density at radius 2 is 1.83 bits per heavy atom. The molecular weight excluding hydrogens is 372 g/mol. The van der Waals surface area contributed by atoms with E-state index in [1.807, 2.05) is 0 Å². The summed E-state index contributed by atoms with van der Waals surface area (Å²) in [5, 5.41) is 10.1. The van der Waals surface area contributed by atoms with Crippen LogP contribution in [-0.4, -0.2) is 10.1 Å². The molecule has 1 N–H and O–H groups in total. The van der Waals surface area contributed by atoms with Crippen molar-refractivity contribution in [3.05, 3.63) is 62.3 Å². The topological polar surface area (TPSA) is 33.1 Å². The van der Waals surface area contributed by atoms with Crippen molar-refractivity contribution in [3.8, 4) is 0 Å². The van der Waals surface area contributed by atoms with Crippen molar-refractivity contribution < 1.29 is 13.9 Å². The fraction of sp³-hybridized carbons (Fsp3) is 0.0833. The molecule has 0 amide bonds. The van der Waals surface area contributed by atoms with Crippen LogP contribution in [0.4, 0.5) is 8.78 Å². The summed E-state index contributed by atoms with van der Waals surface area (Å²) >= 11 is 6.50. The van der Waals surface area contributed by atoms with Gasteiger partial charge >= 0.3 is 0 Å². The number of aliphatic hydroxyl groups is 1. The highest BCUT2D eigenvalue weighted by molar-refractivity contribution is 9.11. The second-order valence-corrected chi connectivity index (χ2v) is 5.37. The minimum atomic E-state index is -1.12. The van der Waals surface area contributed by atoms with Crippen molar-refractivity contribution in [2.24, 2.45) is 0 Å². The third-order valence-corrected chi connectivity index (χ3v) is 3.42. The average Bonchev–Trinajstić information content (AvgIpc) is 2.32. The second-order valence-electron chi connectivity index (χ2n) is 3.60. The Bertz CT molecular complexity index is 592. The number of hydrogen-bond acceptors (Lipinski definition) is 2. The van der Waals surface area contributed by atoms with E-state index in [0.717, 1.165) is 16.6 Å². The molecule has 2 nitrogen and oxygen atoms in total. The zero-order valence-corrected chi connectivity index (χ0v) is 12.0. The van der Waals surface area contributed by atoms with Gasteiger partial charge in [0.15, 0.2) is 11.6 Å². The van der Waals surface area contributed by atoms with Crippen LogP contribution in [0.25, 0.3) is 0 Å². The lowest BCUT2D eigenvalue weighted by molar-refractivity contribution is 0.213. The van der Waals surface area contributed by atoms with Crippen molar-refractivity contribution in [3.63, 3.8) is 0 Å².